The van der Waals surface area contributed by atoms with Crippen LogP contribution in [-0.2, 0) is 0 Å². The lowest BCUT2D eigenvalue weighted by atomic mass is 9.76. The van der Waals surface area contributed by atoms with Crippen molar-refractivity contribution in [1.29, 1.82) is 0 Å². The summed E-state index contributed by atoms with van der Waals surface area (Å²) in [4.78, 5) is 4.04. The minimum absolute atomic E-state index is 0.0951. The van der Waals surface area contributed by atoms with Crippen LogP contribution in [0.15, 0.2) is 42.7 Å². The Morgan fingerprint density at radius 1 is 1.20 bits per heavy atom. The molecule has 0 radical (unpaired) electrons. The van der Waals surface area contributed by atoms with Gasteiger partial charge in [0, 0.05) is 12.4 Å². The Kier molecular flexibility index (Phi) is 4.01. The van der Waals surface area contributed by atoms with E-state index in [-0.39, 0.29) is 6.04 Å². The average molecular weight is 288 g/mol. The van der Waals surface area contributed by atoms with Crippen LogP contribution in [-0.4, -0.2) is 4.98 Å². The molecule has 3 N–H and O–H groups in total. The van der Waals surface area contributed by atoms with E-state index in [2.05, 4.69) is 34.7 Å². The lowest BCUT2D eigenvalue weighted by Gasteiger charge is -2.30. The highest BCUT2D eigenvalue weighted by molar-refractivity contribution is 6.31. The Bertz CT molecular complexity index is 596. The maximum Gasteiger partial charge on any atom is 0.0728 e. The van der Waals surface area contributed by atoms with Crippen molar-refractivity contribution >= 4 is 11.6 Å². The molecule has 1 saturated carbocycles. The van der Waals surface area contributed by atoms with Gasteiger partial charge in [-0.15, -0.1) is 0 Å². The smallest absolute Gasteiger partial charge is 0.0728 e. The lowest BCUT2D eigenvalue weighted by molar-refractivity contribution is 0.414. The van der Waals surface area contributed by atoms with Gasteiger partial charge in [0.05, 0.1) is 11.1 Å². The highest BCUT2D eigenvalue weighted by Gasteiger charge is 2.26. The maximum atomic E-state index is 6.27. The van der Waals surface area contributed by atoms with Crippen molar-refractivity contribution < 1.29 is 0 Å². The Hall–Kier alpha value is -1.42. The quantitative estimate of drug-likeness (QED) is 0.668. The van der Waals surface area contributed by atoms with E-state index in [9.17, 15) is 0 Å². The fourth-order valence-electron chi connectivity index (χ4n) is 2.83. The molecule has 3 rings (SSSR count). The highest BCUT2D eigenvalue weighted by Crippen LogP contribution is 2.41. The third-order valence-electron chi connectivity index (χ3n) is 4.13. The van der Waals surface area contributed by atoms with E-state index >= 15 is 0 Å². The Morgan fingerprint density at radius 2 is 2.00 bits per heavy atom. The molecule has 0 saturated heterocycles. The second-order valence-corrected chi connectivity index (χ2v) is 5.66. The van der Waals surface area contributed by atoms with Gasteiger partial charge in [-0.05, 0) is 41.5 Å². The van der Waals surface area contributed by atoms with E-state index in [1.165, 1.54) is 30.4 Å². The number of halogens is 1. The van der Waals surface area contributed by atoms with Crippen LogP contribution >= 0.6 is 11.6 Å². The summed E-state index contributed by atoms with van der Waals surface area (Å²) >= 11 is 6.27. The number of nitrogens with zero attached hydrogens (tertiary/aromatic N) is 1. The number of benzene rings is 1. The molecule has 0 bridgehead atoms. The topological polar surface area (TPSA) is 50.9 Å². The molecular formula is C16H18ClN3. The van der Waals surface area contributed by atoms with E-state index in [0.29, 0.717) is 10.9 Å². The van der Waals surface area contributed by atoms with Crippen molar-refractivity contribution in [2.24, 2.45) is 5.84 Å². The molecule has 1 aromatic carbocycles. The number of aromatic nitrogens is 1. The van der Waals surface area contributed by atoms with E-state index in [4.69, 9.17) is 17.4 Å². The van der Waals surface area contributed by atoms with Gasteiger partial charge in [-0.3, -0.25) is 10.8 Å². The number of nitrogens with two attached hydrogens (primary N) is 1. The second-order valence-electron chi connectivity index (χ2n) is 5.25. The predicted molar refractivity (Wildman–Crippen MR) is 81.4 cm³/mol. The molecule has 1 fully saturated rings. The summed E-state index contributed by atoms with van der Waals surface area (Å²) in [5.41, 5.74) is 6.47. The summed E-state index contributed by atoms with van der Waals surface area (Å²) in [5, 5.41) is 0.638. The number of hydrogen-bond acceptors (Lipinski definition) is 3. The normalized spacial score (nSPS) is 16.7. The molecule has 1 aromatic heterocycles. The van der Waals surface area contributed by atoms with Gasteiger partial charge >= 0.3 is 0 Å². The largest absolute Gasteiger partial charge is 0.271 e. The van der Waals surface area contributed by atoms with Crippen LogP contribution in [0.4, 0.5) is 0 Å². The fraction of sp³-hybridized carbons (Fsp3) is 0.312. The van der Waals surface area contributed by atoms with Crippen molar-refractivity contribution in [3.8, 4) is 0 Å². The van der Waals surface area contributed by atoms with Crippen molar-refractivity contribution in [2.75, 3.05) is 0 Å². The first-order valence-electron chi connectivity index (χ1n) is 6.95. The van der Waals surface area contributed by atoms with Crippen LogP contribution in [0, 0.1) is 0 Å². The summed E-state index contributed by atoms with van der Waals surface area (Å²) in [6.07, 6.45) is 7.25. The summed E-state index contributed by atoms with van der Waals surface area (Å²) in [7, 11) is 0. The van der Waals surface area contributed by atoms with Crippen LogP contribution in [0.25, 0.3) is 0 Å². The van der Waals surface area contributed by atoms with Crippen LogP contribution in [0.2, 0.25) is 5.02 Å². The molecule has 0 spiro atoms. The number of hydrazine groups is 1. The molecule has 1 aliphatic rings. The second kappa shape index (κ2) is 5.92. The minimum Gasteiger partial charge on any atom is -0.271 e. The van der Waals surface area contributed by atoms with Crippen molar-refractivity contribution in [3.05, 3.63) is 64.4 Å². The van der Waals surface area contributed by atoms with Gasteiger partial charge < -0.3 is 0 Å². The molecule has 104 valence electrons. The van der Waals surface area contributed by atoms with E-state index in [1.54, 1.807) is 12.4 Å². The van der Waals surface area contributed by atoms with E-state index in [1.807, 2.05) is 6.07 Å². The minimum atomic E-state index is -0.0951. The first-order valence-corrected chi connectivity index (χ1v) is 7.33. The molecule has 1 heterocycles. The molecule has 3 nitrogen and oxygen atoms in total. The Morgan fingerprint density at radius 3 is 2.65 bits per heavy atom. The SMILES string of the molecule is NNC(c1ccncc1Cl)c1ccccc1C1CCC1. The zero-order chi connectivity index (χ0) is 13.9. The lowest BCUT2D eigenvalue weighted by Crippen LogP contribution is -2.30. The summed E-state index contributed by atoms with van der Waals surface area (Å²) in [6.45, 7) is 0. The van der Waals surface area contributed by atoms with E-state index in [0.717, 1.165) is 5.56 Å². The molecule has 1 aliphatic carbocycles. The van der Waals surface area contributed by atoms with Gasteiger partial charge in [-0.25, -0.2) is 5.43 Å². The van der Waals surface area contributed by atoms with Gasteiger partial charge in [-0.1, -0.05) is 42.3 Å². The zero-order valence-electron chi connectivity index (χ0n) is 11.2. The molecule has 2 aromatic rings. The monoisotopic (exact) mass is 287 g/mol. The first kappa shape index (κ1) is 13.6. The van der Waals surface area contributed by atoms with Crippen molar-refractivity contribution in [2.45, 2.75) is 31.2 Å². The Labute approximate surface area is 124 Å². The summed E-state index contributed by atoms with van der Waals surface area (Å²) in [5.74, 6) is 6.46. The molecular weight excluding hydrogens is 270 g/mol. The molecule has 0 amide bonds. The van der Waals surface area contributed by atoms with Gasteiger partial charge in [0.1, 0.15) is 0 Å². The van der Waals surface area contributed by atoms with Gasteiger partial charge in [0.25, 0.3) is 0 Å². The third kappa shape index (κ3) is 2.44. The fourth-order valence-corrected chi connectivity index (χ4v) is 3.06. The maximum absolute atomic E-state index is 6.27. The van der Waals surface area contributed by atoms with Crippen LogP contribution in [0.1, 0.15) is 47.9 Å². The van der Waals surface area contributed by atoms with E-state index < -0.39 is 0 Å². The van der Waals surface area contributed by atoms with Crippen molar-refractivity contribution in [1.82, 2.24) is 10.4 Å². The number of pyridine rings is 1. The summed E-state index contributed by atoms with van der Waals surface area (Å²) < 4.78 is 0. The number of rotatable bonds is 4. The summed E-state index contributed by atoms with van der Waals surface area (Å²) in [6, 6.07) is 10.3. The zero-order valence-corrected chi connectivity index (χ0v) is 12.0. The van der Waals surface area contributed by atoms with Gasteiger partial charge in [0.15, 0.2) is 0 Å². The number of hydrogen-bond donors (Lipinski definition) is 2. The van der Waals surface area contributed by atoms with Crippen LogP contribution in [0.3, 0.4) is 0 Å². The van der Waals surface area contributed by atoms with Crippen LogP contribution in [0.5, 0.6) is 0 Å². The molecule has 20 heavy (non-hydrogen) atoms. The molecule has 1 atom stereocenters. The standard InChI is InChI=1S/C16H18ClN3/c17-15-10-19-9-8-14(15)16(20-18)13-7-2-1-6-12(13)11-4-3-5-11/h1-2,6-11,16,20H,3-5,18H2. The molecule has 0 aliphatic heterocycles. The first-order chi connectivity index (χ1) is 9.81. The molecule has 4 heteroatoms. The Balaban J connectivity index is 2.03. The van der Waals surface area contributed by atoms with Crippen molar-refractivity contribution in [3.63, 3.8) is 0 Å². The average Bonchev–Trinajstić information content (AvgIpc) is 2.41. The highest BCUT2D eigenvalue weighted by atomic mass is 35.5. The predicted octanol–water partition coefficient (Wildman–Crippen LogP) is 3.56. The van der Waals surface area contributed by atoms with Gasteiger partial charge in [-0.2, -0.15) is 0 Å². The van der Waals surface area contributed by atoms with Gasteiger partial charge in [0.2, 0.25) is 0 Å². The molecule has 1 unspecified atom stereocenters. The van der Waals surface area contributed by atoms with Crippen LogP contribution < -0.4 is 11.3 Å². The third-order valence-corrected chi connectivity index (χ3v) is 4.45. The number of nitrogens with one attached hydrogen (secondary N) is 1.